The van der Waals surface area contributed by atoms with E-state index in [9.17, 15) is 0 Å². The SMILES string of the molecule is COCC(C)NCc1c(Cl)ccc(Cl)c1Cl. The minimum absolute atomic E-state index is 0.233. The minimum atomic E-state index is 0.233. The van der Waals surface area contributed by atoms with Gasteiger partial charge in [-0.05, 0) is 19.1 Å². The highest BCUT2D eigenvalue weighted by Crippen LogP contribution is 2.31. The van der Waals surface area contributed by atoms with Crippen molar-refractivity contribution in [1.29, 1.82) is 0 Å². The molecule has 0 amide bonds. The molecule has 0 radical (unpaired) electrons. The van der Waals surface area contributed by atoms with Crippen molar-refractivity contribution in [2.75, 3.05) is 13.7 Å². The summed E-state index contributed by atoms with van der Waals surface area (Å²) in [4.78, 5) is 0. The predicted octanol–water partition coefficient (Wildman–Crippen LogP) is 3.77. The lowest BCUT2D eigenvalue weighted by molar-refractivity contribution is 0.171. The zero-order valence-electron chi connectivity index (χ0n) is 9.19. The quantitative estimate of drug-likeness (QED) is 0.830. The maximum absolute atomic E-state index is 6.07. The Morgan fingerprint density at radius 3 is 2.50 bits per heavy atom. The monoisotopic (exact) mass is 281 g/mol. The van der Waals surface area contributed by atoms with Crippen LogP contribution in [0, 0.1) is 0 Å². The molecule has 0 bridgehead atoms. The molecule has 5 heteroatoms. The number of ether oxygens (including phenoxy) is 1. The highest BCUT2D eigenvalue weighted by molar-refractivity contribution is 6.44. The van der Waals surface area contributed by atoms with Crippen molar-refractivity contribution >= 4 is 34.8 Å². The Morgan fingerprint density at radius 1 is 1.25 bits per heavy atom. The number of rotatable bonds is 5. The minimum Gasteiger partial charge on any atom is -0.383 e. The fourth-order valence-electron chi connectivity index (χ4n) is 1.32. The molecule has 0 saturated heterocycles. The molecular formula is C11H14Cl3NO. The van der Waals surface area contributed by atoms with Gasteiger partial charge in [-0.3, -0.25) is 0 Å². The summed E-state index contributed by atoms with van der Waals surface area (Å²) in [5, 5.41) is 4.90. The maximum atomic E-state index is 6.07. The van der Waals surface area contributed by atoms with E-state index in [0.717, 1.165) is 5.56 Å². The van der Waals surface area contributed by atoms with Crippen molar-refractivity contribution in [1.82, 2.24) is 5.32 Å². The van der Waals surface area contributed by atoms with Crippen molar-refractivity contribution in [2.24, 2.45) is 0 Å². The van der Waals surface area contributed by atoms with E-state index in [1.54, 1.807) is 19.2 Å². The first kappa shape index (κ1) is 14.1. The smallest absolute Gasteiger partial charge is 0.0652 e. The van der Waals surface area contributed by atoms with E-state index in [1.165, 1.54) is 0 Å². The summed E-state index contributed by atoms with van der Waals surface area (Å²) < 4.78 is 5.02. The van der Waals surface area contributed by atoms with Gasteiger partial charge in [-0.2, -0.15) is 0 Å². The molecule has 1 aromatic carbocycles. The van der Waals surface area contributed by atoms with Gasteiger partial charge in [-0.15, -0.1) is 0 Å². The van der Waals surface area contributed by atoms with Crippen LogP contribution in [0.1, 0.15) is 12.5 Å². The first-order chi connectivity index (χ1) is 7.56. The van der Waals surface area contributed by atoms with Crippen LogP contribution in [0.2, 0.25) is 15.1 Å². The van der Waals surface area contributed by atoms with E-state index < -0.39 is 0 Å². The predicted molar refractivity (Wildman–Crippen MR) is 69.6 cm³/mol. The number of hydrogen-bond donors (Lipinski definition) is 1. The number of benzene rings is 1. The van der Waals surface area contributed by atoms with Crippen LogP contribution >= 0.6 is 34.8 Å². The zero-order valence-corrected chi connectivity index (χ0v) is 11.5. The summed E-state index contributed by atoms with van der Waals surface area (Å²) in [6.45, 7) is 3.23. The first-order valence-corrected chi connectivity index (χ1v) is 6.04. The van der Waals surface area contributed by atoms with E-state index in [1.807, 2.05) is 6.92 Å². The van der Waals surface area contributed by atoms with Crippen molar-refractivity contribution in [2.45, 2.75) is 19.5 Å². The fourth-order valence-corrected chi connectivity index (χ4v) is 2.00. The number of methoxy groups -OCH3 is 1. The lowest BCUT2D eigenvalue weighted by Crippen LogP contribution is -2.29. The highest BCUT2D eigenvalue weighted by atomic mass is 35.5. The van der Waals surface area contributed by atoms with Crippen molar-refractivity contribution in [3.8, 4) is 0 Å². The normalized spacial score (nSPS) is 12.8. The molecule has 2 nitrogen and oxygen atoms in total. The molecule has 0 fully saturated rings. The lowest BCUT2D eigenvalue weighted by Gasteiger charge is -2.14. The second-order valence-corrected chi connectivity index (χ2v) is 4.75. The van der Waals surface area contributed by atoms with Gasteiger partial charge in [0, 0.05) is 30.3 Å². The van der Waals surface area contributed by atoms with Gasteiger partial charge in [-0.25, -0.2) is 0 Å². The Balaban J connectivity index is 2.70. The van der Waals surface area contributed by atoms with Crippen LogP contribution in [-0.2, 0) is 11.3 Å². The molecule has 90 valence electrons. The molecule has 0 spiro atoms. The van der Waals surface area contributed by atoms with Crippen molar-refractivity contribution in [3.05, 3.63) is 32.8 Å². The Kier molecular flexibility index (Phi) is 5.87. The second kappa shape index (κ2) is 6.67. The zero-order chi connectivity index (χ0) is 12.1. The molecular weight excluding hydrogens is 268 g/mol. The molecule has 1 N–H and O–H groups in total. The molecule has 0 heterocycles. The summed E-state index contributed by atoms with van der Waals surface area (Å²) in [5.74, 6) is 0. The first-order valence-electron chi connectivity index (χ1n) is 4.91. The van der Waals surface area contributed by atoms with Gasteiger partial charge < -0.3 is 10.1 Å². The van der Waals surface area contributed by atoms with Crippen LogP contribution in [-0.4, -0.2) is 19.8 Å². The summed E-state index contributed by atoms with van der Waals surface area (Å²) >= 11 is 18.0. The number of nitrogens with one attached hydrogen (secondary N) is 1. The van der Waals surface area contributed by atoms with Gasteiger partial charge in [0.05, 0.1) is 16.7 Å². The van der Waals surface area contributed by atoms with Gasteiger partial charge in [-0.1, -0.05) is 34.8 Å². The van der Waals surface area contributed by atoms with E-state index in [-0.39, 0.29) is 6.04 Å². The molecule has 0 aliphatic heterocycles. The average Bonchev–Trinajstić information content (AvgIpc) is 2.24. The lowest BCUT2D eigenvalue weighted by atomic mass is 10.2. The Labute approximate surface area is 111 Å². The number of halogens is 3. The van der Waals surface area contributed by atoms with Crippen molar-refractivity contribution in [3.63, 3.8) is 0 Å². The molecule has 1 atom stereocenters. The van der Waals surface area contributed by atoms with Crippen LogP contribution in [0.5, 0.6) is 0 Å². The summed E-state index contributed by atoms with van der Waals surface area (Å²) in [7, 11) is 1.66. The van der Waals surface area contributed by atoms with Crippen molar-refractivity contribution < 1.29 is 4.74 Å². The molecule has 0 aliphatic carbocycles. The standard InChI is InChI=1S/C11H14Cl3NO/c1-7(6-16-2)15-5-8-9(12)3-4-10(13)11(8)14/h3-4,7,15H,5-6H2,1-2H3. The third-order valence-corrected chi connectivity index (χ3v) is 3.38. The molecule has 0 aromatic heterocycles. The van der Waals surface area contributed by atoms with E-state index in [0.29, 0.717) is 28.2 Å². The Bertz CT molecular complexity index is 357. The molecule has 1 unspecified atom stereocenters. The van der Waals surface area contributed by atoms with E-state index in [4.69, 9.17) is 39.5 Å². The summed E-state index contributed by atoms with van der Waals surface area (Å²) in [6.07, 6.45) is 0. The van der Waals surface area contributed by atoms with Crippen LogP contribution in [0.25, 0.3) is 0 Å². The van der Waals surface area contributed by atoms with Crippen LogP contribution in [0.15, 0.2) is 12.1 Å². The van der Waals surface area contributed by atoms with Gasteiger partial charge in [0.15, 0.2) is 0 Å². The van der Waals surface area contributed by atoms with Gasteiger partial charge in [0.25, 0.3) is 0 Å². The Morgan fingerprint density at radius 2 is 1.88 bits per heavy atom. The fraction of sp³-hybridized carbons (Fsp3) is 0.455. The molecule has 16 heavy (non-hydrogen) atoms. The third kappa shape index (κ3) is 3.79. The second-order valence-electron chi connectivity index (χ2n) is 3.56. The summed E-state index contributed by atoms with van der Waals surface area (Å²) in [5.41, 5.74) is 0.818. The highest BCUT2D eigenvalue weighted by Gasteiger charge is 2.10. The maximum Gasteiger partial charge on any atom is 0.0652 e. The van der Waals surface area contributed by atoms with Crippen LogP contribution in [0.3, 0.4) is 0 Å². The third-order valence-electron chi connectivity index (χ3n) is 2.18. The molecule has 0 saturated carbocycles. The van der Waals surface area contributed by atoms with Gasteiger partial charge in [0.1, 0.15) is 0 Å². The Hall–Kier alpha value is 0.01000. The number of hydrogen-bond acceptors (Lipinski definition) is 2. The van der Waals surface area contributed by atoms with Gasteiger partial charge >= 0.3 is 0 Å². The van der Waals surface area contributed by atoms with Crippen LogP contribution < -0.4 is 5.32 Å². The van der Waals surface area contributed by atoms with Gasteiger partial charge in [0.2, 0.25) is 0 Å². The van der Waals surface area contributed by atoms with E-state index >= 15 is 0 Å². The average molecular weight is 283 g/mol. The topological polar surface area (TPSA) is 21.3 Å². The van der Waals surface area contributed by atoms with Crippen LogP contribution in [0.4, 0.5) is 0 Å². The summed E-state index contributed by atoms with van der Waals surface area (Å²) in [6, 6.07) is 3.67. The largest absolute Gasteiger partial charge is 0.383 e. The molecule has 1 rings (SSSR count). The van der Waals surface area contributed by atoms with E-state index in [2.05, 4.69) is 5.32 Å². The molecule has 0 aliphatic rings. The molecule has 1 aromatic rings.